The average Bonchev–Trinajstić information content (AvgIpc) is 3.15. The Morgan fingerprint density at radius 3 is 2.70 bits per heavy atom. The van der Waals surface area contributed by atoms with Crippen molar-refractivity contribution in [2.75, 3.05) is 5.32 Å². The van der Waals surface area contributed by atoms with E-state index in [4.69, 9.17) is 0 Å². The fraction of sp³-hybridized carbons (Fsp3) is 0.471. The summed E-state index contributed by atoms with van der Waals surface area (Å²) in [5.41, 5.74) is 2.22. The average molecular weight is 267 g/mol. The van der Waals surface area contributed by atoms with Crippen molar-refractivity contribution >= 4 is 11.6 Å². The molecular formula is C17H21N3. The summed E-state index contributed by atoms with van der Waals surface area (Å²) in [5, 5.41) is 3.48. The van der Waals surface area contributed by atoms with Crippen LogP contribution in [0, 0.1) is 18.8 Å². The number of rotatable bonds is 3. The van der Waals surface area contributed by atoms with Crippen molar-refractivity contribution in [1.29, 1.82) is 0 Å². The van der Waals surface area contributed by atoms with Crippen molar-refractivity contribution < 1.29 is 0 Å². The summed E-state index contributed by atoms with van der Waals surface area (Å²) < 4.78 is 2.40. The van der Waals surface area contributed by atoms with E-state index in [-0.39, 0.29) is 0 Å². The SMILES string of the molecule is Cc1cn(C2CC3CCC2C3)c(Nc2ccccc2)n1. The summed E-state index contributed by atoms with van der Waals surface area (Å²) in [6, 6.07) is 11.0. The number of nitrogens with zero attached hydrogens (tertiary/aromatic N) is 2. The van der Waals surface area contributed by atoms with E-state index in [0.29, 0.717) is 6.04 Å². The molecule has 1 aromatic heterocycles. The highest BCUT2D eigenvalue weighted by Gasteiger charge is 2.41. The highest BCUT2D eigenvalue weighted by atomic mass is 15.2. The molecule has 1 aromatic carbocycles. The minimum atomic E-state index is 0.654. The fourth-order valence-corrected chi connectivity index (χ4v) is 4.06. The lowest BCUT2D eigenvalue weighted by molar-refractivity contribution is 0.332. The Morgan fingerprint density at radius 2 is 2.00 bits per heavy atom. The molecule has 0 spiro atoms. The normalized spacial score (nSPS) is 27.9. The van der Waals surface area contributed by atoms with Crippen molar-refractivity contribution in [2.45, 2.75) is 38.6 Å². The first kappa shape index (κ1) is 12.0. The Morgan fingerprint density at radius 1 is 1.15 bits per heavy atom. The van der Waals surface area contributed by atoms with Gasteiger partial charge in [-0.15, -0.1) is 0 Å². The number of aryl methyl sites for hydroxylation is 1. The van der Waals surface area contributed by atoms with Gasteiger partial charge in [-0.25, -0.2) is 4.98 Å². The maximum Gasteiger partial charge on any atom is 0.207 e. The van der Waals surface area contributed by atoms with Crippen molar-refractivity contribution in [3.8, 4) is 0 Å². The summed E-state index contributed by atoms with van der Waals surface area (Å²) in [6.07, 6.45) is 7.82. The quantitative estimate of drug-likeness (QED) is 0.898. The van der Waals surface area contributed by atoms with Gasteiger partial charge in [0.05, 0.1) is 5.69 Å². The van der Waals surface area contributed by atoms with Crippen LogP contribution < -0.4 is 5.32 Å². The van der Waals surface area contributed by atoms with Crippen LogP contribution in [0.4, 0.5) is 11.6 Å². The molecule has 2 fully saturated rings. The molecule has 2 saturated carbocycles. The number of hydrogen-bond acceptors (Lipinski definition) is 2. The smallest absolute Gasteiger partial charge is 0.207 e. The molecule has 0 amide bonds. The van der Waals surface area contributed by atoms with Crippen LogP contribution in [0.2, 0.25) is 0 Å². The molecule has 3 atom stereocenters. The monoisotopic (exact) mass is 267 g/mol. The third-order valence-electron chi connectivity index (χ3n) is 4.94. The van der Waals surface area contributed by atoms with Gasteiger partial charge in [-0.1, -0.05) is 24.6 Å². The molecule has 1 heterocycles. The van der Waals surface area contributed by atoms with Crippen molar-refractivity contribution in [2.24, 2.45) is 11.8 Å². The van der Waals surface area contributed by atoms with Crippen molar-refractivity contribution in [3.05, 3.63) is 42.2 Å². The molecule has 0 aliphatic heterocycles. The van der Waals surface area contributed by atoms with E-state index in [1.54, 1.807) is 0 Å². The molecule has 104 valence electrons. The number of para-hydroxylation sites is 1. The van der Waals surface area contributed by atoms with Crippen LogP contribution in [0.1, 0.15) is 37.4 Å². The second kappa shape index (κ2) is 4.65. The van der Waals surface area contributed by atoms with E-state index in [0.717, 1.165) is 29.2 Å². The summed E-state index contributed by atoms with van der Waals surface area (Å²) >= 11 is 0. The van der Waals surface area contributed by atoms with Crippen LogP contribution >= 0.6 is 0 Å². The summed E-state index contributed by atoms with van der Waals surface area (Å²) in [6.45, 7) is 2.08. The first-order valence-electron chi connectivity index (χ1n) is 7.67. The zero-order valence-corrected chi connectivity index (χ0v) is 11.9. The number of fused-ring (bicyclic) bond motifs is 2. The first-order chi connectivity index (χ1) is 9.79. The van der Waals surface area contributed by atoms with Gasteiger partial charge >= 0.3 is 0 Å². The van der Waals surface area contributed by atoms with Crippen LogP contribution in [0.3, 0.4) is 0 Å². The van der Waals surface area contributed by atoms with Crippen LogP contribution in [-0.4, -0.2) is 9.55 Å². The Labute approximate surface area is 120 Å². The van der Waals surface area contributed by atoms with Crippen LogP contribution in [0.5, 0.6) is 0 Å². The van der Waals surface area contributed by atoms with Crippen LogP contribution in [0.25, 0.3) is 0 Å². The van der Waals surface area contributed by atoms with Gasteiger partial charge in [0.2, 0.25) is 5.95 Å². The topological polar surface area (TPSA) is 29.9 Å². The summed E-state index contributed by atoms with van der Waals surface area (Å²) in [4.78, 5) is 4.69. The number of imidazole rings is 1. The lowest BCUT2D eigenvalue weighted by Crippen LogP contribution is -2.17. The van der Waals surface area contributed by atoms with E-state index in [1.165, 1.54) is 25.7 Å². The molecular weight excluding hydrogens is 246 g/mol. The number of benzene rings is 1. The largest absolute Gasteiger partial charge is 0.326 e. The fourth-order valence-electron chi connectivity index (χ4n) is 4.06. The van der Waals surface area contributed by atoms with Crippen molar-refractivity contribution in [3.63, 3.8) is 0 Å². The molecule has 2 aromatic rings. The molecule has 3 heteroatoms. The lowest BCUT2D eigenvalue weighted by atomic mass is 9.95. The Balaban J connectivity index is 1.64. The second-order valence-electron chi connectivity index (χ2n) is 6.35. The maximum absolute atomic E-state index is 4.69. The molecule has 2 bridgehead atoms. The van der Waals surface area contributed by atoms with Gasteiger partial charge in [0, 0.05) is 17.9 Å². The zero-order chi connectivity index (χ0) is 13.5. The predicted molar refractivity (Wildman–Crippen MR) is 81.2 cm³/mol. The van der Waals surface area contributed by atoms with E-state index in [2.05, 4.69) is 52.3 Å². The maximum atomic E-state index is 4.69. The van der Waals surface area contributed by atoms with E-state index in [9.17, 15) is 0 Å². The van der Waals surface area contributed by atoms with Gasteiger partial charge in [0.1, 0.15) is 0 Å². The molecule has 3 nitrogen and oxygen atoms in total. The number of anilines is 2. The summed E-state index contributed by atoms with van der Waals surface area (Å²) in [7, 11) is 0. The van der Waals surface area contributed by atoms with Gasteiger partial charge in [-0.3, -0.25) is 0 Å². The van der Waals surface area contributed by atoms with E-state index < -0.39 is 0 Å². The van der Waals surface area contributed by atoms with Gasteiger partial charge < -0.3 is 9.88 Å². The Kier molecular flexibility index (Phi) is 2.79. The van der Waals surface area contributed by atoms with Crippen molar-refractivity contribution in [1.82, 2.24) is 9.55 Å². The van der Waals surface area contributed by atoms with Gasteiger partial charge in [-0.05, 0) is 50.2 Å². The molecule has 2 aliphatic carbocycles. The highest BCUT2D eigenvalue weighted by Crippen LogP contribution is 2.51. The molecule has 1 N–H and O–H groups in total. The minimum absolute atomic E-state index is 0.654. The Bertz CT molecular complexity index is 602. The standard InChI is InChI=1S/C17H21N3/c1-12-11-20(16-10-13-7-8-14(16)9-13)17(18-12)19-15-5-3-2-4-6-15/h2-6,11,13-14,16H,7-10H2,1H3,(H,18,19). The van der Waals surface area contributed by atoms with Crippen LogP contribution in [0.15, 0.2) is 36.5 Å². The first-order valence-corrected chi connectivity index (χ1v) is 7.67. The lowest BCUT2D eigenvalue weighted by Gasteiger charge is -2.25. The third kappa shape index (κ3) is 2.01. The molecule has 4 rings (SSSR count). The number of hydrogen-bond donors (Lipinski definition) is 1. The minimum Gasteiger partial charge on any atom is -0.326 e. The number of nitrogens with one attached hydrogen (secondary N) is 1. The van der Waals surface area contributed by atoms with E-state index >= 15 is 0 Å². The predicted octanol–water partition coefficient (Wildman–Crippen LogP) is 4.30. The Hall–Kier alpha value is -1.77. The van der Waals surface area contributed by atoms with Gasteiger partial charge in [-0.2, -0.15) is 0 Å². The third-order valence-corrected chi connectivity index (χ3v) is 4.94. The molecule has 20 heavy (non-hydrogen) atoms. The zero-order valence-electron chi connectivity index (χ0n) is 11.9. The molecule has 0 saturated heterocycles. The molecule has 2 aliphatic rings. The highest BCUT2D eigenvalue weighted by molar-refractivity contribution is 5.53. The molecule has 0 radical (unpaired) electrons. The van der Waals surface area contributed by atoms with E-state index in [1.807, 2.05) is 6.07 Å². The second-order valence-corrected chi connectivity index (χ2v) is 6.35. The number of aromatic nitrogens is 2. The molecule has 3 unspecified atom stereocenters. The summed E-state index contributed by atoms with van der Waals surface area (Å²) in [5.74, 6) is 2.83. The van der Waals surface area contributed by atoms with Gasteiger partial charge in [0.25, 0.3) is 0 Å². The van der Waals surface area contributed by atoms with Crippen LogP contribution in [-0.2, 0) is 0 Å². The van der Waals surface area contributed by atoms with Gasteiger partial charge in [0.15, 0.2) is 0 Å².